The minimum Gasteiger partial charge on any atom is -0.459 e. The second-order valence-corrected chi connectivity index (χ2v) is 7.81. The summed E-state index contributed by atoms with van der Waals surface area (Å²) in [7, 11) is -3.66. The first-order valence-corrected chi connectivity index (χ1v) is 9.21. The Kier molecular flexibility index (Phi) is 3.73. The van der Waals surface area contributed by atoms with E-state index in [1.54, 1.807) is 26.0 Å². The Hall–Kier alpha value is -2.46. The van der Waals surface area contributed by atoms with Crippen molar-refractivity contribution in [3.63, 3.8) is 0 Å². The molecule has 4 rings (SSSR count). The molecule has 0 amide bonds. The quantitative estimate of drug-likeness (QED) is 0.691. The number of hydrogen-bond donors (Lipinski definition) is 0. The highest BCUT2D eigenvalue weighted by molar-refractivity contribution is 7.89. The molecule has 3 aromatic heterocycles. The molecule has 3 aromatic rings. The predicted octanol–water partition coefficient (Wildman–Crippen LogP) is 2.11. The monoisotopic (exact) mass is 364 g/mol. The summed E-state index contributed by atoms with van der Waals surface area (Å²) in [5.74, 6) is 1.40. The van der Waals surface area contributed by atoms with Crippen molar-refractivity contribution in [3.8, 4) is 11.7 Å². The fourth-order valence-corrected chi connectivity index (χ4v) is 4.82. The molecule has 1 fully saturated rings. The van der Waals surface area contributed by atoms with Gasteiger partial charge in [0.05, 0.1) is 6.26 Å². The second kappa shape index (κ2) is 5.81. The van der Waals surface area contributed by atoms with E-state index in [2.05, 4.69) is 15.3 Å². The van der Waals surface area contributed by atoms with Crippen LogP contribution < -0.4 is 0 Å². The van der Waals surface area contributed by atoms with Gasteiger partial charge in [-0.25, -0.2) is 8.42 Å². The average Bonchev–Trinajstić information content (AvgIpc) is 3.35. The summed E-state index contributed by atoms with van der Waals surface area (Å²) >= 11 is 0. The molecule has 10 heteroatoms. The number of aromatic nitrogens is 3. The Bertz CT molecular complexity index is 970. The maximum absolute atomic E-state index is 12.9. The van der Waals surface area contributed by atoms with Crippen LogP contribution in [0.2, 0.25) is 0 Å². The highest BCUT2D eigenvalue weighted by Gasteiger charge is 2.38. The first-order valence-electron chi connectivity index (χ1n) is 7.77. The third-order valence-corrected chi connectivity index (χ3v) is 6.37. The maximum Gasteiger partial charge on any atom is 0.293 e. The number of nitrogens with zero attached hydrogens (tertiary/aromatic N) is 4. The number of aryl methyl sites for hydroxylation is 2. The van der Waals surface area contributed by atoms with Crippen molar-refractivity contribution in [1.29, 1.82) is 0 Å². The minimum absolute atomic E-state index is 0.136. The molecular weight excluding hydrogens is 348 g/mol. The van der Waals surface area contributed by atoms with Crippen LogP contribution in [0.4, 0.5) is 0 Å². The van der Waals surface area contributed by atoms with Crippen LogP contribution in [-0.4, -0.2) is 41.1 Å². The molecular formula is C15H16N4O5S. The molecule has 25 heavy (non-hydrogen) atoms. The van der Waals surface area contributed by atoms with E-state index in [0.717, 1.165) is 0 Å². The summed E-state index contributed by atoms with van der Waals surface area (Å²) in [6.07, 6.45) is 2.13. The van der Waals surface area contributed by atoms with E-state index in [9.17, 15) is 8.42 Å². The van der Waals surface area contributed by atoms with Gasteiger partial charge in [0, 0.05) is 19.0 Å². The van der Waals surface area contributed by atoms with Gasteiger partial charge >= 0.3 is 0 Å². The molecule has 1 aliphatic rings. The van der Waals surface area contributed by atoms with Crippen LogP contribution in [0.5, 0.6) is 0 Å². The zero-order valence-corrected chi connectivity index (χ0v) is 14.5. The highest BCUT2D eigenvalue weighted by Crippen LogP contribution is 2.32. The standard InChI is InChI=1S/C15H16N4O5S/c1-9-13(10(2)23-17-9)25(20,21)19-6-5-11(8-19)14-16-15(24-18-14)12-4-3-7-22-12/h3-4,7,11H,5-6,8H2,1-2H3. The summed E-state index contributed by atoms with van der Waals surface area (Å²) in [5, 5.41) is 7.70. The SMILES string of the molecule is Cc1noc(C)c1S(=O)(=O)N1CCC(c2noc(-c3ccco3)n2)C1. The molecule has 0 aromatic carbocycles. The molecule has 1 unspecified atom stereocenters. The largest absolute Gasteiger partial charge is 0.459 e. The van der Waals surface area contributed by atoms with E-state index in [4.69, 9.17) is 13.5 Å². The van der Waals surface area contributed by atoms with Crippen LogP contribution in [0, 0.1) is 13.8 Å². The van der Waals surface area contributed by atoms with E-state index in [0.29, 0.717) is 36.0 Å². The lowest BCUT2D eigenvalue weighted by atomic mass is 10.1. The fraction of sp³-hybridized carbons (Fsp3) is 0.400. The van der Waals surface area contributed by atoms with Gasteiger partial charge in [-0.15, -0.1) is 0 Å². The molecule has 1 saturated heterocycles. The van der Waals surface area contributed by atoms with Gasteiger partial charge < -0.3 is 13.5 Å². The molecule has 132 valence electrons. The zero-order valence-electron chi connectivity index (χ0n) is 13.7. The van der Waals surface area contributed by atoms with Crippen molar-refractivity contribution >= 4 is 10.0 Å². The molecule has 1 aliphatic heterocycles. The van der Waals surface area contributed by atoms with E-state index in [1.807, 2.05) is 0 Å². The molecule has 0 radical (unpaired) electrons. The van der Waals surface area contributed by atoms with Crippen molar-refractivity contribution in [2.75, 3.05) is 13.1 Å². The molecule has 0 aliphatic carbocycles. The lowest BCUT2D eigenvalue weighted by Crippen LogP contribution is -2.29. The van der Waals surface area contributed by atoms with E-state index in [1.165, 1.54) is 10.6 Å². The van der Waals surface area contributed by atoms with Crippen molar-refractivity contribution in [3.05, 3.63) is 35.7 Å². The summed E-state index contributed by atoms with van der Waals surface area (Å²) < 4.78 is 42.5. The molecule has 4 heterocycles. The van der Waals surface area contributed by atoms with E-state index >= 15 is 0 Å². The van der Waals surface area contributed by atoms with Gasteiger partial charge in [0.1, 0.15) is 10.6 Å². The topological polar surface area (TPSA) is 115 Å². The van der Waals surface area contributed by atoms with Crippen LogP contribution in [0.1, 0.15) is 29.6 Å². The van der Waals surface area contributed by atoms with Gasteiger partial charge in [0.2, 0.25) is 10.0 Å². The van der Waals surface area contributed by atoms with Gasteiger partial charge in [-0.1, -0.05) is 10.3 Å². The lowest BCUT2D eigenvalue weighted by Gasteiger charge is -2.15. The number of sulfonamides is 1. The third-order valence-electron chi connectivity index (χ3n) is 4.26. The average molecular weight is 364 g/mol. The summed E-state index contributed by atoms with van der Waals surface area (Å²) in [6.45, 7) is 3.87. The highest BCUT2D eigenvalue weighted by atomic mass is 32.2. The normalized spacial score (nSPS) is 18.9. The number of rotatable bonds is 4. The zero-order chi connectivity index (χ0) is 17.6. The minimum atomic E-state index is -3.66. The predicted molar refractivity (Wildman–Crippen MR) is 84.1 cm³/mol. The van der Waals surface area contributed by atoms with Gasteiger partial charge in [-0.3, -0.25) is 0 Å². The third kappa shape index (κ3) is 2.67. The molecule has 0 bridgehead atoms. The van der Waals surface area contributed by atoms with Gasteiger partial charge in [-0.05, 0) is 32.4 Å². The van der Waals surface area contributed by atoms with Crippen molar-refractivity contribution < 1.29 is 21.9 Å². The smallest absolute Gasteiger partial charge is 0.293 e. The number of hydrogen-bond acceptors (Lipinski definition) is 8. The molecule has 0 N–H and O–H groups in total. The first kappa shape index (κ1) is 16.0. The van der Waals surface area contributed by atoms with Crippen LogP contribution in [-0.2, 0) is 10.0 Å². The summed E-state index contributed by atoms with van der Waals surface area (Å²) in [4.78, 5) is 4.46. The maximum atomic E-state index is 12.9. The fourth-order valence-electron chi connectivity index (χ4n) is 3.03. The lowest BCUT2D eigenvalue weighted by molar-refractivity contribution is 0.389. The first-order chi connectivity index (χ1) is 12.0. The van der Waals surface area contributed by atoms with E-state index in [-0.39, 0.29) is 23.2 Å². The summed E-state index contributed by atoms with van der Waals surface area (Å²) in [6, 6.07) is 3.45. The Labute approximate surface area is 143 Å². The summed E-state index contributed by atoms with van der Waals surface area (Å²) in [5.41, 5.74) is 0.362. The Balaban J connectivity index is 1.56. The van der Waals surface area contributed by atoms with Crippen LogP contribution >= 0.6 is 0 Å². The van der Waals surface area contributed by atoms with E-state index < -0.39 is 10.0 Å². The second-order valence-electron chi connectivity index (χ2n) is 5.94. The molecule has 1 atom stereocenters. The van der Waals surface area contributed by atoms with Crippen molar-refractivity contribution in [1.82, 2.24) is 19.6 Å². The van der Waals surface area contributed by atoms with Crippen LogP contribution in [0.15, 0.2) is 36.8 Å². The van der Waals surface area contributed by atoms with Crippen LogP contribution in [0.25, 0.3) is 11.7 Å². The van der Waals surface area contributed by atoms with Gasteiger partial charge in [0.15, 0.2) is 17.3 Å². The van der Waals surface area contributed by atoms with Crippen molar-refractivity contribution in [2.24, 2.45) is 0 Å². The Morgan fingerprint density at radius 1 is 1.24 bits per heavy atom. The number of furan rings is 1. The molecule has 9 nitrogen and oxygen atoms in total. The van der Waals surface area contributed by atoms with Gasteiger partial charge in [0.25, 0.3) is 5.89 Å². The Morgan fingerprint density at radius 2 is 2.08 bits per heavy atom. The van der Waals surface area contributed by atoms with Gasteiger partial charge in [-0.2, -0.15) is 9.29 Å². The molecule has 0 spiro atoms. The van der Waals surface area contributed by atoms with Crippen LogP contribution in [0.3, 0.4) is 0 Å². The Morgan fingerprint density at radius 3 is 2.76 bits per heavy atom. The van der Waals surface area contributed by atoms with Crippen molar-refractivity contribution in [2.45, 2.75) is 31.1 Å². The molecule has 0 saturated carbocycles.